The number of carbonyl (C=O) groups is 1. The van der Waals surface area contributed by atoms with Gasteiger partial charge in [0.1, 0.15) is 11.4 Å². The molecule has 0 unspecified atom stereocenters. The maximum atomic E-state index is 12.8. The van der Waals surface area contributed by atoms with Gasteiger partial charge in [0, 0.05) is 19.6 Å². The van der Waals surface area contributed by atoms with Gasteiger partial charge in [-0.2, -0.15) is 5.10 Å². The molecule has 0 spiro atoms. The lowest BCUT2D eigenvalue weighted by molar-refractivity contribution is 0.0614. The maximum Gasteiger partial charge on any atom is 0.259 e. The first-order valence-corrected chi connectivity index (χ1v) is 7.79. The molecule has 2 aromatic rings. The fraction of sp³-hybridized carbons (Fsp3) is 0.412. The van der Waals surface area contributed by atoms with E-state index in [1.165, 1.54) is 12.0 Å². The lowest BCUT2D eigenvalue weighted by Gasteiger charge is -2.36. The number of aromatic nitrogens is 2. The number of hydrogen-bond acceptors (Lipinski definition) is 3. The number of aryl methyl sites for hydroxylation is 1. The van der Waals surface area contributed by atoms with E-state index in [-0.39, 0.29) is 11.9 Å². The van der Waals surface area contributed by atoms with Gasteiger partial charge in [0.15, 0.2) is 0 Å². The van der Waals surface area contributed by atoms with Gasteiger partial charge in [0.05, 0.1) is 6.20 Å². The molecule has 1 atom stereocenters. The van der Waals surface area contributed by atoms with Crippen molar-refractivity contribution < 1.29 is 4.79 Å². The van der Waals surface area contributed by atoms with Crippen molar-refractivity contribution >= 4 is 11.7 Å². The van der Waals surface area contributed by atoms with E-state index in [0.29, 0.717) is 11.4 Å². The van der Waals surface area contributed by atoms with Crippen LogP contribution in [0.25, 0.3) is 0 Å². The topological polar surface area (TPSA) is 64.2 Å². The molecular weight excluding hydrogens is 276 g/mol. The van der Waals surface area contributed by atoms with Crippen molar-refractivity contribution in [3.8, 4) is 0 Å². The fourth-order valence-corrected chi connectivity index (χ4v) is 3.13. The first kappa shape index (κ1) is 14.6. The quantitative estimate of drug-likeness (QED) is 0.945. The van der Waals surface area contributed by atoms with Gasteiger partial charge in [-0.15, -0.1) is 0 Å². The van der Waals surface area contributed by atoms with Crippen molar-refractivity contribution in [1.82, 2.24) is 14.7 Å². The average Bonchev–Trinajstić information content (AvgIpc) is 2.88. The molecule has 0 radical (unpaired) electrons. The van der Waals surface area contributed by atoms with Crippen molar-refractivity contribution in [2.24, 2.45) is 7.05 Å². The van der Waals surface area contributed by atoms with E-state index < -0.39 is 0 Å². The van der Waals surface area contributed by atoms with Crippen LogP contribution >= 0.6 is 0 Å². The van der Waals surface area contributed by atoms with Gasteiger partial charge in [0.2, 0.25) is 0 Å². The summed E-state index contributed by atoms with van der Waals surface area (Å²) in [6.45, 7) is 0.796. The smallest absolute Gasteiger partial charge is 0.259 e. The number of nitrogen functional groups attached to an aromatic ring is 1. The van der Waals surface area contributed by atoms with Crippen molar-refractivity contribution in [2.75, 3.05) is 12.3 Å². The van der Waals surface area contributed by atoms with Crippen LogP contribution in [0.3, 0.4) is 0 Å². The Labute approximate surface area is 130 Å². The van der Waals surface area contributed by atoms with Crippen LogP contribution in [0, 0.1) is 0 Å². The number of amides is 1. The SMILES string of the molecule is Cn1ncc(C(=O)N2CCCC[C@@H]2Cc2ccccc2)c1N. The van der Waals surface area contributed by atoms with Gasteiger partial charge in [-0.05, 0) is 31.2 Å². The molecule has 5 nitrogen and oxygen atoms in total. The summed E-state index contributed by atoms with van der Waals surface area (Å²) in [7, 11) is 1.75. The van der Waals surface area contributed by atoms with Crippen LogP contribution in [0.5, 0.6) is 0 Å². The van der Waals surface area contributed by atoms with Crippen molar-refractivity contribution in [3.63, 3.8) is 0 Å². The first-order chi connectivity index (χ1) is 10.7. The summed E-state index contributed by atoms with van der Waals surface area (Å²) in [5.41, 5.74) is 7.75. The van der Waals surface area contributed by atoms with Gasteiger partial charge in [-0.3, -0.25) is 9.48 Å². The number of likely N-dealkylation sites (tertiary alicyclic amines) is 1. The second-order valence-electron chi connectivity index (χ2n) is 5.90. The largest absolute Gasteiger partial charge is 0.383 e. The highest BCUT2D eigenvalue weighted by Gasteiger charge is 2.29. The molecule has 2 N–H and O–H groups in total. The zero-order chi connectivity index (χ0) is 15.5. The highest BCUT2D eigenvalue weighted by Crippen LogP contribution is 2.24. The van der Waals surface area contributed by atoms with Gasteiger partial charge in [-0.25, -0.2) is 0 Å². The summed E-state index contributed by atoms with van der Waals surface area (Å²) < 4.78 is 1.55. The summed E-state index contributed by atoms with van der Waals surface area (Å²) in [6.07, 6.45) is 5.74. The molecule has 22 heavy (non-hydrogen) atoms. The zero-order valence-electron chi connectivity index (χ0n) is 12.9. The molecule has 116 valence electrons. The van der Waals surface area contributed by atoms with Crippen molar-refractivity contribution in [3.05, 3.63) is 47.7 Å². The number of rotatable bonds is 3. The Morgan fingerprint density at radius 1 is 1.32 bits per heavy atom. The number of hydrogen-bond donors (Lipinski definition) is 1. The molecule has 0 bridgehead atoms. The third kappa shape index (κ3) is 2.84. The molecule has 3 rings (SSSR count). The maximum absolute atomic E-state index is 12.8. The molecule has 1 aromatic carbocycles. The Balaban J connectivity index is 1.80. The van der Waals surface area contributed by atoms with E-state index in [0.717, 1.165) is 25.8 Å². The molecule has 0 saturated carbocycles. The van der Waals surface area contributed by atoms with Crippen molar-refractivity contribution in [2.45, 2.75) is 31.7 Å². The molecule has 1 fully saturated rings. The van der Waals surface area contributed by atoms with Crippen molar-refractivity contribution in [1.29, 1.82) is 0 Å². The highest BCUT2D eigenvalue weighted by molar-refractivity contribution is 5.98. The average molecular weight is 298 g/mol. The highest BCUT2D eigenvalue weighted by atomic mass is 16.2. The van der Waals surface area contributed by atoms with Crippen LogP contribution < -0.4 is 5.73 Å². The summed E-state index contributed by atoms with van der Waals surface area (Å²) in [4.78, 5) is 14.8. The minimum atomic E-state index is 0.00577. The molecule has 1 aromatic heterocycles. The molecule has 0 aliphatic carbocycles. The fourth-order valence-electron chi connectivity index (χ4n) is 3.13. The number of nitrogens with two attached hydrogens (primary N) is 1. The summed E-state index contributed by atoms with van der Waals surface area (Å²) in [5, 5.41) is 4.09. The molecular formula is C17H22N4O. The van der Waals surface area contributed by atoms with Crippen LogP contribution in [0.2, 0.25) is 0 Å². The monoisotopic (exact) mass is 298 g/mol. The normalized spacial score (nSPS) is 18.4. The summed E-state index contributed by atoms with van der Waals surface area (Å²) in [6, 6.07) is 10.6. The van der Waals surface area contributed by atoms with E-state index in [2.05, 4.69) is 17.2 Å². The second-order valence-corrected chi connectivity index (χ2v) is 5.90. The Kier molecular flexibility index (Phi) is 4.13. The van der Waals surface area contributed by atoms with E-state index in [9.17, 15) is 4.79 Å². The number of benzene rings is 1. The molecule has 2 heterocycles. The molecule has 1 amide bonds. The summed E-state index contributed by atoms with van der Waals surface area (Å²) >= 11 is 0. The molecule has 1 saturated heterocycles. The van der Waals surface area contributed by atoms with Crippen LogP contribution in [0.15, 0.2) is 36.5 Å². The Morgan fingerprint density at radius 3 is 2.77 bits per heavy atom. The van der Waals surface area contributed by atoms with Gasteiger partial charge in [0.25, 0.3) is 5.91 Å². The molecule has 5 heteroatoms. The third-order valence-corrected chi connectivity index (χ3v) is 4.42. The van der Waals surface area contributed by atoms with E-state index in [1.54, 1.807) is 17.9 Å². The Bertz CT molecular complexity index is 650. The van der Waals surface area contributed by atoms with Crippen LogP contribution in [0.4, 0.5) is 5.82 Å². The van der Waals surface area contributed by atoms with Crippen LogP contribution in [-0.4, -0.2) is 33.2 Å². The minimum Gasteiger partial charge on any atom is -0.383 e. The number of carbonyl (C=O) groups excluding carboxylic acids is 1. The lowest BCUT2D eigenvalue weighted by atomic mass is 9.95. The molecule has 1 aliphatic rings. The van der Waals surface area contributed by atoms with Gasteiger partial charge >= 0.3 is 0 Å². The van der Waals surface area contributed by atoms with Gasteiger partial charge in [-0.1, -0.05) is 30.3 Å². The van der Waals surface area contributed by atoms with Crippen LogP contribution in [0.1, 0.15) is 35.2 Å². The Hall–Kier alpha value is -2.30. The van der Waals surface area contributed by atoms with E-state index in [1.807, 2.05) is 23.1 Å². The first-order valence-electron chi connectivity index (χ1n) is 7.79. The molecule has 1 aliphatic heterocycles. The second kappa shape index (κ2) is 6.22. The van der Waals surface area contributed by atoms with E-state index in [4.69, 9.17) is 5.73 Å². The number of nitrogens with zero attached hydrogens (tertiary/aromatic N) is 3. The Morgan fingerprint density at radius 2 is 2.09 bits per heavy atom. The predicted octanol–water partition coefficient (Wildman–Crippen LogP) is 2.24. The zero-order valence-corrected chi connectivity index (χ0v) is 12.9. The third-order valence-electron chi connectivity index (χ3n) is 4.42. The summed E-state index contributed by atoms with van der Waals surface area (Å²) in [5.74, 6) is 0.445. The van der Waals surface area contributed by atoms with E-state index >= 15 is 0 Å². The number of anilines is 1. The number of piperidine rings is 1. The predicted molar refractivity (Wildman–Crippen MR) is 86.4 cm³/mol. The minimum absolute atomic E-state index is 0.00577. The standard InChI is InChI=1S/C17H22N4O/c1-20-16(18)15(12-19-20)17(22)21-10-6-5-9-14(21)11-13-7-3-2-4-8-13/h2-4,7-8,12,14H,5-6,9-11,18H2,1H3/t14-/m1/s1. The van der Waals surface area contributed by atoms with Crippen LogP contribution in [-0.2, 0) is 13.5 Å². The van der Waals surface area contributed by atoms with Gasteiger partial charge < -0.3 is 10.6 Å². The lowest BCUT2D eigenvalue weighted by Crippen LogP contribution is -2.45.